The predicted octanol–water partition coefficient (Wildman–Crippen LogP) is 5.81. The van der Waals surface area contributed by atoms with Gasteiger partial charge >= 0.3 is 6.18 Å². The number of oxazole rings is 1. The monoisotopic (exact) mass is 319 g/mol. The first-order valence-corrected chi connectivity index (χ1v) is 7.23. The molecule has 0 aliphatic carbocycles. The van der Waals surface area contributed by atoms with E-state index in [4.69, 9.17) is 4.42 Å². The average Bonchev–Trinajstić information content (AvgIpc) is 2.88. The van der Waals surface area contributed by atoms with Crippen LogP contribution in [0.15, 0.2) is 46.9 Å². The van der Waals surface area contributed by atoms with Crippen molar-refractivity contribution in [2.45, 2.75) is 32.4 Å². The third kappa shape index (κ3) is 3.09. The normalized spacial score (nSPS) is 12.8. The highest BCUT2D eigenvalue weighted by Crippen LogP contribution is 2.33. The van der Waals surface area contributed by atoms with Crippen LogP contribution in [0.25, 0.3) is 22.6 Å². The topological polar surface area (TPSA) is 26.0 Å². The van der Waals surface area contributed by atoms with Gasteiger partial charge in [-0.15, -0.1) is 0 Å². The van der Waals surface area contributed by atoms with Crippen LogP contribution in [0.5, 0.6) is 0 Å². The predicted molar refractivity (Wildman–Crippen MR) is 83.1 cm³/mol. The maximum atomic E-state index is 12.8. The molecule has 0 bridgehead atoms. The van der Waals surface area contributed by atoms with Crippen molar-refractivity contribution in [3.8, 4) is 11.5 Å². The van der Waals surface area contributed by atoms with E-state index in [0.29, 0.717) is 16.7 Å². The molecule has 2 aromatic carbocycles. The standard InChI is InChI=1S/C18H16F3NO/c1-17(2,3)12-7-8-14-15(10-12)23-16(22-14)11-5-4-6-13(9-11)18(19,20)21/h4-10H,1-3H3. The molecule has 0 saturated carbocycles. The maximum absolute atomic E-state index is 12.8. The summed E-state index contributed by atoms with van der Waals surface area (Å²) in [6.07, 6.45) is -4.39. The first kappa shape index (κ1) is 15.6. The van der Waals surface area contributed by atoms with Crippen LogP contribution in [-0.2, 0) is 11.6 Å². The van der Waals surface area contributed by atoms with Crippen LogP contribution in [0.3, 0.4) is 0 Å². The minimum Gasteiger partial charge on any atom is -0.436 e. The summed E-state index contributed by atoms with van der Waals surface area (Å²) in [7, 11) is 0. The summed E-state index contributed by atoms with van der Waals surface area (Å²) in [6.45, 7) is 6.24. The molecule has 1 aromatic heterocycles. The Bertz CT molecular complexity index is 857. The van der Waals surface area contributed by atoms with Gasteiger partial charge < -0.3 is 4.42 Å². The van der Waals surface area contributed by atoms with Crippen molar-refractivity contribution in [1.82, 2.24) is 4.98 Å². The van der Waals surface area contributed by atoms with E-state index in [2.05, 4.69) is 25.8 Å². The Labute approximate surface area is 132 Å². The number of rotatable bonds is 1. The van der Waals surface area contributed by atoms with E-state index < -0.39 is 11.7 Å². The zero-order valence-corrected chi connectivity index (χ0v) is 13.0. The van der Waals surface area contributed by atoms with E-state index in [9.17, 15) is 13.2 Å². The number of halogens is 3. The van der Waals surface area contributed by atoms with Gasteiger partial charge in [-0.1, -0.05) is 32.9 Å². The lowest BCUT2D eigenvalue weighted by Gasteiger charge is -2.18. The molecule has 120 valence electrons. The minimum atomic E-state index is -4.39. The Hall–Kier alpha value is -2.30. The van der Waals surface area contributed by atoms with Crippen molar-refractivity contribution in [2.75, 3.05) is 0 Å². The number of fused-ring (bicyclic) bond motifs is 1. The third-order valence-corrected chi connectivity index (χ3v) is 3.69. The average molecular weight is 319 g/mol. The van der Waals surface area contributed by atoms with Crippen LogP contribution >= 0.6 is 0 Å². The summed E-state index contributed by atoms with van der Waals surface area (Å²) in [5, 5.41) is 0. The Morgan fingerprint density at radius 1 is 0.913 bits per heavy atom. The SMILES string of the molecule is CC(C)(C)c1ccc2nc(-c3cccc(C(F)(F)F)c3)oc2c1. The Morgan fingerprint density at radius 2 is 1.65 bits per heavy atom. The molecule has 0 radical (unpaired) electrons. The molecule has 0 saturated heterocycles. The van der Waals surface area contributed by atoms with Crippen molar-refractivity contribution in [2.24, 2.45) is 0 Å². The van der Waals surface area contributed by atoms with Crippen molar-refractivity contribution in [1.29, 1.82) is 0 Å². The van der Waals surface area contributed by atoms with Crippen molar-refractivity contribution < 1.29 is 17.6 Å². The van der Waals surface area contributed by atoms with E-state index in [0.717, 1.165) is 17.7 Å². The second kappa shape index (κ2) is 5.11. The fraction of sp³-hybridized carbons (Fsp3) is 0.278. The van der Waals surface area contributed by atoms with Gasteiger partial charge in [0.2, 0.25) is 5.89 Å². The van der Waals surface area contributed by atoms with E-state index >= 15 is 0 Å². The number of alkyl halides is 3. The van der Waals surface area contributed by atoms with Crippen molar-refractivity contribution in [3.05, 3.63) is 53.6 Å². The molecule has 0 aliphatic rings. The summed E-state index contributed by atoms with van der Waals surface area (Å²) in [6, 6.07) is 10.7. The minimum absolute atomic E-state index is 0.0443. The Kier molecular flexibility index (Phi) is 3.47. The molecular weight excluding hydrogens is 303 g/mol. The molecule has 0 aliphatic heterocycles. The molecule has 3 aromatic rings. The van der Waals surface area contributed by atoms with E-state index in [1.807, 2.05) is 18.2 Å². The second-order valence-electron chi connectivity index (χ2n) is 6.53. The summed E-state index contributed by atoms with van der Waals surface area (Å²) in [4.78, 5) is 4.30. The van der Waals surface area contributed by atoms with Gasteiger partial charge in [0.15, 0.2) is 5.58 Å². The van der Waals surface area contributed by atoms with E-state index in [1.54, 1.807) is 6.07 Å². The molecule has 3 rings (SSSR count). The first-order valence-electron chi connectivity index (χ1n) is 7.23. The van der Waals surface area contributed by atoms with Gasteiger partial charge in [0.05, 0.1) is 5.56 Å². The smallest absolute Gasteiger partial charge is 0.416 e. The number of hydrogen-bond donors (Lipinski definition) is 0. The van der Waals surface area contributed by atoms with Crippen LogP contribution in [0.2, 0.25) is 0 Å². The van der Waals surface area contributed by atoms with Crippen molar-refractivity contribution in [3.63, 3.8) is 0 Å². The van der Waals surface area contributed by atoms with Gasteiger partial charge in [-0.05, 0) is 41.3 Å². The number of benzene rings is 2. The Balaban J connectivity index is 2.07. The van der Waals surface area contributed by atoms with Crippen LogP contribution in [0, 0.1) is 0 Å². The highest BCUT2D eigenvalue weighted by atomic mass is 19.4. The van der Waals surface area contributed by atoms with Crippen LogP contribution in [0.4, 0.5) is 13.2 Å². The molecular formula is C18H16F3NO. The third-order valence-electron chi connectivity index (χ3n) is 3.69. The van der Waals surface area contributed by atoms with Crippen LogP contribution in [0.1, 0.15) is 31.9 Å². The fourth-order valence-electron chi connectivity index (χ4n) is 2.34. The maximum Gasteiger partial charge on any atom is 0.416 e. The van der Waals surface area contributed by atoms with Crippen LogP contribution in [-0.4, -0.2) is 4.98 Å². The molecule has 0 amide bonds. The van der Waals surface area contributed by atoms with Gasteiger partial charge in [-0.25, -0.2) is 4.98 Å². The summed E-state index contributed by atoms with van der Waals surface area (Å²) in [5.74, 6) is 0.192. The largest absolute Gasteiger partial charge is 0.436 e. The lowest BCUT2D eigenvalue weighted by molar-refractivity contribution is -0.137. The molecule has 0 fully saturated rings. The number of hydrogen-bond acceptors (Lipinski definition) is 2. The molecule has 0 spiro atoms. The lowest BCUT2D eigenvalue weighted by Crippen LogP contribution is -2.10. The first-order chi connectivity index (χ1) is 10.6. The second-order valence-corrected chi connectivity index (χ2v) is 6.53. The van der Waals surface area contributed by atoms with E-state index in [-0.39, 0.29) is 11.3 Å². The summed E-state index contributed by atoms with van der Waals surface area (Å²) >= 11 is 0. The molecule has 2 nitrogen and oxygen atoms in total. The molecule has 5 heteroatoms. The van der Waals surface area contributed by atoms with Gasteiger partial charge in [0.25, 0.3) is 0 Å². The lowest BCUT2D eigenvalue weighted by atomic mass is 9.87. The summed E-state index contributed by atoms with van der Waals surface area (Å²) in [5.41, 5.74) is 1.84. The molecule has 0 unspecified atom stereocenters. The molecule has 23 heavy (non-hydrogen) atoms. The van der Waals surface area contributed by atoms with Gasteiger partial charge in [0, 0.05) is 5.56 Å². The molecule has 1 heterocycles. The quantitative estimate of drug-likeness (QED) is 0.565. The van der Waals surface area contributed by atoms with Gasteiger partial charge in [-0.2, -0.15) is 13.2 Å². The van der Waals surface area contributed by atoms with Crippen molar-refractivity contribution >= 4 is 11.1 Å². The number of nitrogens with zero attached hydrogens (tertiary/aromatic N) is 1. The number of aromatic nitrogens is 1. The van der Waals surface area contributed by atoms with Crippen LogP contribution < -0.4 is 0 Å². The highest BCUT2D eigenvalue weighted by Gasteiger charge is 2.30. The fourth-order valence-corrected chi connectivity index (χ4v) is 2.34. The summed E-state index contributed by atoms with van der Waals surface area (Å²) < 4.78 is 44.1. The van der Waals surface area contributed by atoms with E-state index in [1.165, 1.54) is 6.07 Å². The zero-order chi connectivity index (χ0) is 16.8. The van der Waals surface area contributed by atoms with Gasteiger partial charge in [0.1, 0.15) is 5.52 Å². The highest BCUT2D eigenvalue weighted by molar-refractivity contribution is 5.77. The van der Waals surface area contributed by atoms with Gasteiger partial charge in [-0.3, -0.25) is 0 Å². The molecule has 0 atom stereocenters. The molecule has 0 N–H and O–H groups in total. The Morgan fingerprint density at radius 3 is 2.30 bits per heavy atom. The zero-order valence-electron chi connectivity index (χ0n) is 13.0.